The first-order valence-corrected chi connectivity index (χ1v) is 9.19. The first-order chi connectivity index (χ1) is 10.8. The summed E-state index contributed by atoms with van der Waals surface area (Å²) in [4.78, 5) is 12.4. The van der Waals surface area contributed by atoms with E-state index >= 15 is 0 Å². The number of hydrogen-bond donors (Lipinski definition) is 1. The first-order valence-electron chi connectivity index (χ1n) is 6.97. The van der Waals surface area contributed by atoms with Gasteiger partial charge in [-0.15, -0.1) is 0 Å². The number of ether oxygens (including phenoxy) is 2. The lowest BCUT2D eigenvalue weighted by atomic mass is 10.2. The zero-order chi connectivity index (χ0) is 17.2. The van der Waals surface area contributed by atoms with Crippen molar-refractivity contribution in [3.05, 3.63) is 17.2 Å². The average Bonchev–Trinajstić information content (AvgIpc) is 2.98. The number of benzene rings is 1. The highest BCUT2D eigenvalue weighted by atomic mass is 35.5. The number of methoxy groups -OCH3 is 2. The van der Waals surface area contributed by atoms with Crippen molar-refractivity contribution < 1.29 is 22.7 Å². The van der Waals surface area contributed by atoms with Gasteiger partial charge in [-0.2, -0.15) is 4.31 Å². The number of sulfonamides is 1. The molecule has 1 heterocycles. The van der Waals surface area contributed by atoms with Crippen molar-refractivity contribution >= 4 is 33.2 Å². The van der Waals surface area contributed by atoms with Crippen molar-refractivity contribution in [3.8, 4) is 11.5 Å². The highest BCUT2D eigenvalue weighted by Gasteiger charge is 2.36. The molecule has 1 aromatic carbocycles. The minimum absolute atomic E-state index is 0.278. The summed E-state index contributed by atoms with van der Waals surface area (Å²) in [6.45, 7) is 0.344. The molecule has 1 amide bonds. The zero-order valence-corrected chi connectivity index (χ0v) is 14.7. The van der Waals surface area contributed by atoms with Crippen molar-refractivity contribution in [2.75, 3.05) is 32.3 Å². The quantitative estimate of drug-likeness (QED) is 0.862. The lowest BCUT2D eigenvalue weighted by molar-refractivity contribution is -0.119. The summed E-state index contributed by atoms with van der Waals surface area (Å²) in [5.74, 6) is 0.440. The molecule has 1 fully saturated rings. The minimum Gasteiger partial charge on any atom is -0.493 e. The van der Waals surface area contributed by atoms with Gasteiger partial charge in [0.1, 0.15) is 6.04 Å². The van der Waals surface area contributed by atoms with Crippen LogP contribution >= 0.6 is 11.6 Å². The summed E-state index contributed by atoms with van der Waals surface area (Å²) >= 11 is 6.13. The van der Waals surface area contributed by atoms with Crippen molar-refractivity contribution in [1.82, 2.24) is 4.31 Å². The van der Waals surface area contributed by atoms with Crippen LogP contribution in [0.25, 0.3) is 0 Å². The van der Waals surface area contributed by atoms with Crippen molar-refractivity contribution in [2.45, 2.75) is 18.9 Å². The van der Waals surface area contributed by atoms with Crippen LogP contribution < -0.4 is 14.8 Å². The number of carbonyl (C=O) groups is 1. The van der Waals surface area contributed by atoms with Crippen LogP contribution in [-0.4, -0.2) is 51.7 Å². The third-order valence-electron chi connectivity index (χ3n) is 3.66. The van der Waals surface area contributed by atoms with E-state index in [1.54, 1.807) is 6.07 Å². The monoisotopic (exact) mass is 362 g/mol. The lowest BCUT2D eigenvalue weighted by Gasteiger charge is -2.22. The van der Waals surface area contributed by atoms with Crippen LogP contribution in [0.4, 0.5) is 5.69 Å². The molecule has 1 saturated heterocycles. The summed E-state index contributed by atoms with van der Waals surface area (Å²) in [5, 5.41) is 2.95. The van der Waals surface area contributed by atoms with Gasteiger partial charge in [0.05, 0.1) is 31.2 Å². The second-order valence-corrected chi connectivity index (χ2v) is 7.55. The fourth-order valence-electron chi connectivity index (χ4n) is 2.57. The van der Waals surface area contributed by atoms with E-state index in [9.17, 15) is 13.2 Å². The second-order valence-electron chi connectivity index (χ2n) is 5.21. The third kappa shape index (κ3) is 3.88. The number of rotatable bonds is 5. The van der Waals surface area contributed by atoms with Crippen molar-refractivity contribution in [1.29, 1.82) is 0 Å². The Hall–Kier alpha value is -1.51. The average molecular weight is 363 g/mol. The summed E-state index contributed by atoms with van der Waals surface area (Å²) < 4.78 is 35.0. The molecule has 0 bridgehead atoms. The highest BCUT2D eigenvalue weighted by molar-refractivity contribution is 7.88. The molecule has 128 valence electrons. The van der Waals surface area contributed by atoms with Crippen molar-refractivity contribution in [2.24, 2.45) is 0 Å². The van der Waals surface area contributed by atoms with Crippen LogP contribution in [0.3, 0.4) is 0 Å². The Morgan fingerprint density at radius 1 is 1.30 bits per heavy atom. The molecule has 1 atom stereocenters. The van der Waals surface area contributed by atoms with Crippen LogP contribution in [0.1, 0.15) is 12.8 Å². The fourth-order valence-corrected chi connectivity index (χ4v) is 3.89. The van der Waals surface area contributed by atoms with E-state index in [0.29, 0.717) is 36.6 Å². The molecule has 1 aromatic rings. The van der Waals surface area contributed by atoms with E-state index < -0.39 is 22.0 Å². The van der Waals surface area contributed by atoms with Crippen LogP contribution in [0.5, 0.6) is 11.5 Å². The van der Waals surface area contributed by atoms with Gasteiger partial charge in [0.2, 0.25) is 15.9 Å². The maximum absolute atomic E-state index is 12.4. The Balaban J connectivity index is 2.23. The molecule has 1 unspecified atom stereocenters. The van der Waals surface area contributed by atoms with Crippen LogP contribution in [0, 0.1) is 0 Å². The maximum atomic E-state index is 12.4. The molecule has 0 radical (unpaired) electrons. The molecule has 0 spiro atoms. The number of halogens is 1. The SMILES string of the molecule is COc1cc(Cl)c(NC(=O)C2CCCN2S(C)(=O)=O)cc1OC. The molecule has 23 heavy (non-hydrogen) atoms. The summed E-state index contributed by atoms with van der Waals surface area (Å²) in [5.41, 5.74) is 0.342. The Bertz CT molecular complexity index is 707. The minimum atomic E-state index is -3.43. The third-order valence-corrected chi connectivity index (χ3v) is 5.27. The number of amides is 1. The van der Waals surface area contributed by atoms with Gasteiger partial charge >= 0.3 is 0 Å². The molecule has 0 aliphatic carbocycles. The fraction of sp³-hybridized carbons (Fsp3) is 0.500. The summed E-state index contributed by atoms with van der Waals surface area (Å²) in [6, 6.07) is 2.34. The Morgan fingerprint density at radius 2 is 1.91 bits per heavy atom. The molecule has 2 rings (SSSR count). The first kappa shape index (κ1) is 17.8. The van der Waals surface area contributed by atoms with Gasteiger partial charge < -0.3 is 14.8 Å². The van der Waals surface area contributed by atoms with E-state index in [0.717, 1.165) is 6.26 Å². The number of nitrogens with zero attached hydrogens (tertiary/aromatic N) is 1. The predicted molar refractivity (Wildman–Crippen MR) is 87.8 cm³/mol. The topological polar surface area (TPSA) is 84.9 Å². The maximum Gasteiger partial charge on any atom is 0.242 e. The van der Waals surface area contributed by atoms with E-state index in [-0.39, 0.29) is 5.02 Å². The summed E-state index contributed by atoms with van der Waals surface area (Å²) in [6.07, 6.45) is 2.22. The van der Waals surface area contributed by atoms with E-state index in [1.807, 2.05) is 0 Å². The van der Waals surface area contributed by atoms with Crippen LogP contribution in [-0.2, 0) is 14.8 Å². The predicted octanol–water partition coefficient (Wildman–Crippen LogP) is 1.72. The Labute approximate surface area is 140 Å². The van der Waals surface area contributed by atoms with Crippen LogP contribution in [0.15, 0.2) is 12.1 Å². The van der Waals surface area contributed by atoms with Gasteiger partial charge in [-0.1, -0.05) is 11.6 Å². The molecule has 1 aliphatic rings. The number of nitrogens with one attached hydrogen (secondary N) is 1. The largest absolute Gasteiger partial charge is 0.493 e. The van der Waals surface area contributed by atoms with Crippen molar-refractivity contribution in [3.63, 3.8) is 0 Å². The van der Waals surface area contributed by atoms with Gasteiger partial charge in [-0.25, -0.2) is 8.42 Å². The second kappa shape index (κ2) is 6.94. The normalized spacial score (nSPS) is 18.7. The molecule has 9 heteroatoms. The highest BCUT2D eigenvalue weighted by Crippen LogP contribution is 2.36. The number of carbonyl (C=O) groups excluding carboxylic acids is 1. The summed E-state index contributed by atoms with van der Waals surface area (Å²) in [7, 11) is -0.475. The molecule has 1 N–H and O–H groups in total. The van der Waals surface area contributed by atoms with E-state index in [4.69, 9.17) is 21.1 Å². The van der Waals surface area contributed by atoms with Gasteiger partial charge in [-0.05, 0) is 12.8 Å². The molecule has 0 aromatic heterocycles. The number of hydrogen-bond acceptors (Lipinski definition) is 5. The molecule has 0 saturated carbocycles. The zero-order valence-electron chi connectivity index (χ0n) is 13.1. The van der Waals surface area contributed by atoms with Crippen LogP contribution in [0.2, 0.25) is 5.02 Å². The molecule has 1 aliphatic heterocycles. The van der Waals surface area contributed by atoms with Gasteiger partial charge in [0, 0.05) is 18.7 Å². The van der Waals surface area contributed by atoms with Gasteiger partial charge in [0.25, 0.3) is 0 Å². The molecular formula is C14H19ClN2O5S. The Morgan fingerprint density at radius 3 is 2.48 bits per heavy atom. The molecular weight excluding hydrogens is 344 g/mol. The standard InChI is InChI=1S/C14H19ClN2O5S/c1-21-12-7-9(15)10(8-13(12)22-2)16-14(18)11-5-4-6-17(11)23(3,19)20/h7-8,11H,4-6H2,1-3H3,(H,16,18). The smallest absolute Gasteiger partial charge is 0.242 e. The van der Waals surface area contributed by atoms with E-state index in [2.05, 4.69) is 5.32 Å². The van der Waals surface area contributed by atoms with Gasteiger partial charge in [0.15, 0.2) is 11.5 Å². The lowest BCUT2D eigenvalue weighted by Crippen LogP contribution is -2.42. The number of anilines is 1. The van der Waals surface area contributed by atoms with Gasteiger partial charge in [-0.3, -0.25) is 4.79 Å². The Kier molecular flexibility index (Phi) is 5.38. The van der Waals surface area contributed by atoms with E-state index in [1.165, 1.54) is 24.6 Å². The molecule has 7 nitrogen and oxygen atoms in total.